The highest BCUT2D eigenvalue weighted by atomic mass is 19.4. The van der Waals surface area contributed by atoms with Gasteiger partial charge in [-0.05, 0) is 43.9 Å². The SMILES string of the molecule is CNc1cncc(C(=O)NC2CCC(Nc3cccc4nc(C(F)(F)F)cn34)CC2)c1. The zero-order valence-corrected chi connectivity index (χ0v) is 16.9. The van der Waals surface area contributed by atoms with Crippen LogP contribution in [0, 0.1) is 0 Å². The van der Waals surface area contributed by atoms with Crippen LogP contribution in [0.3, 0.4) is 0 Å². The summed E-state index contributed by atoms with van der Waals surface area (Å²) in [5.41, 5.74) is 0.600. The number of carbonyl (C=O) groups is 1. The number of rotatable bonds is 5. The number of anilines is 2. The van der Waals surface area contributed by atoms with E-state index in [2.05, 4.69) is 25.9 Å². The lowest BCUT2D eigenvalue weighted by Crippen LogP contribution is -2.40. The van der Waals surface area contributed by atoms with Crippen molar-refractivity contribution in [3.63, 3.8) is 0 Å². The van der Waals surface area contributed by atoms with Gasteiger partial charge in [-0.3, -0.25) is 14.2 Å². The van der Waals surface area contributed by atoms with Gasteiger partial charge in [-0.15, -0.1) is 0 Å². The summed E-state index contributed by atoms with van der Waals surface area (Å²) in [5, 5.41) is 9.34. The van der Waals surface area contributed by atoms with Crippen molar-refractivity contribution in [2.75, 3.05) is 17.7 Å². The Bertz CT molecular complexity index is 1070. The number of pyridine rings is 2. The first-order valence-electron chi connectivity index (χ1n) is 10.1. The highest BCUT2D eigenvalue weighted by Crippen LogP contribution is 2.30. The second kappa shape index (κ2) is 8.44. The van der Waals surface area contributed by atoms with Crippen molar-refractivity contribution in [1.29, 1.82) is 0 Å². The Labute approximate surface area is 177 Å². The molecule has 0 spiro atoms. The number of hydrogen-bond donors (Lipinski definition) is 3. The maximum atomic E-state index is 13.0. The zero-order chi connectivity index (χ0) is 22.0. The molecule has 1 saturated carbocycles. The van der Waals surface area contributed by atoms with E-state index in [-0.39, 0.29) is 23.6 Å². The minimum atomic E-state index is -4.48. The van der Waals surface area contributed by atoms with Gasteiger partial charge in [0.25, 0.3) is 5.91 Å². The summed E-state index contributed by atoms with van der Waals surface area (Å²) in [6, 6.07) is 6.87. The van der Waals surface area contributed by atoms with Crippen LogP contribution in [0.15, 0.2) is 42.9 Å². The molecule has 0 saturated heterocycles. The summed E-state index contributed by atoms with van der Waals surface area (Å²) in [4.78, 5) is 20.2. The second-order valence-electron chi connectivity index (χ2n) is 7.64. The number of aromatic nitrogens is 3. The van der Waals surface area contributed by atoms with Crippen molar-refractivity contribution in [2.24, 2.45) is 0 Å². The lowest BCUT2D eigenvalue weighted by atomic mass is 9.91. The molecule has 0 unspecified atom stereocenters. The number of fused-ring (bicyclic) bond motifs is 1. The van der Waals surface area contributed by atoms with Gasteiger partial charge in [0, 0.05) is 37.7 Å². The van der Waals surface area contributed by atoms with Crippen LogP contribution in [0.25, 0.3) is 5.65 Å². The van der Waals surface area contributed by atoms with Gasteiger partial charge in [0.15, 0.2) is 5.69 Å². The van der Waals surface area contributed by atoms with Gasteiger partial charge in [-0.1, -0.05) is 6.07 Å². The normalized spacial score (nSPS) is 19.2. The molecule has 31 heavy (non-hydrogen) atoms. The summed E-state index contributed by atoms with van der Waals surface area (Å²) < 4.78 is 40.4. The predicted octanol–water partition coefficient (Wildman–Crippen LogP) is 3.94. The molecule has 0 radical (unpaired) electrons. The van der Waals surface area contributed by atoms with Crippen LogP contribution in [-0.4, -0.2) is 39.4 Å². The molecular weight excluding hydrogens is 409 g/mol. The molecule has 3 aromatic rings. The number of halogens is 3. The van der Waals surface area contributed by atoms with Crippen LogP contribution < -0.4 is 16.0 Å². The molecule has 3 aromatic heterocycles. The van der Waals surface area contributed by atoms with E-state index < -0.39 is 11.9 Å². The predicted molar refractivity (Wildman–Crippen MR) is 111 cm³/mol. The van der Waals surface area contributed by atoms with E-state index >= 15 is 0 Å². The minimum Gasteiger partial charge on any atom is -0.387 e. The van der Waals surface area contributed by atoms with Crippen LogP contribution in [0.5, 0.6) is 0 Å². The number of hydrogen-bond acceptors (Lipinski definition) is 5. The largest absolute Gasteiger partial charge is 0.434 e. The highest BCUT2D eigenvalue weighted by Gasteiger charge is 2.34. The molecule has 10 heteroatoms. The van der Waals surface area contributed by atoms with Gasteiger partial charge < -0.3 is 16.0 Å². The van der Waals surface area contributed by atoms with Crippen LogP contribution in [0.1, 0.15) is 41.7 Å². The molecule has 1 aliphatic rings. The van der Waals surface area contributed by atoms with Gasteiger partial charge in [-0.2, -0.15) is 13.2 Å². The van der Waals surface area contributed by atoms with E-state index in [4.69, 9.17) is 0 Å². The number of alkyl halides is 3. The number of carbonyl (C=O) groups excluding carboxylic acids is 1. The molecule has 3 heterocycles. The van der Waals surface area contributed by atoms with Crippen molar-refractivity contribution in [1.82, 2.24) is 19.7 Å². The van der Waals surface area contributed by atoms with Crippen LogP contribution in [-0.2, 0) is 6.18 Å². The molecule has 1 aliphatic carbocycles. The first-order chi connectivity index (χ1) is 14.8. The van der Waals surface area contributed by atoms with Crippen molar-refractivity contribution in [2.45, 2.75) is 43.9 Å². The fourth-order valence-electron chi connectivity index (χ4n) is 3.83. The molecule has 0 aliphatic heterocycles. The fraction of sp³-hybridized carbons (Fsp3) is 0.381. The molecule has 0 aromatic carbocycles. The van der Waals surface area contributed by atoms with E-state index in [0.717, 1.165) is 37.6 Å². The van der Waals surface area contributed by atoms with E-state index in [0.29, 0.717) is 11.4 Å². The Hall–Kier alpha value is -3.30. The summed E-state index contributed by atoms with van der Waals surface area (Å²) in [5.74, 6) is 0.409. The van der Waals surface area contributed by atoms with Crippen LogP contribution in [0.2, 0.25) is 0 Å². The van der Waals surface area contributed by atoms with Gasteiger partial charge in [0.1, 0.15) is 11.5 Å². The summed E-state index contributed by atoms with van der Waals surface area (Å²) >= 11 is 0. The second-order valence-corrected chi connectivity index (χ2v) is 7.64. The Morgan fingerprint density at radius 3 is 2.58 bits per heavy atom. The number of imidazole rings is 1. The van der Waals surface area contributed by atoms with Gasteiger partial charge in [0.2, 0.25) is 0 Å². The Morgan fingerprint density at radius 2 is 1.87 bits per heavy atom. The van der Waals surface area contributed by atoms with Crippen LogP contribution >= 0.6 is 0 Å². The third-order valence-electron chi connectivity index (χ3n) is 5.49. The first-order valence-corrected chi connectivity index (χ1v) is 10.1. The molecule has 1 fully saturated rings. The lowest BCUT2D eigenvalue weighted by Gasteiger charge is -2.30. The third-order valence-corrected chi connectivity index (χ3v) is 5.49. The topological polar surface area (TPSA) is 83.3 Å². The average molecular weight is 432 g/mol. The van der Waals surface area contributed by atoms with Gasteiger partial charge in [-0.25, -0.2) is 4.98 Å². The highest BCUT2D eigenvalue weighted by molar-refractivity contribution is 5.94. The minimum absolute atomic E-state index is 0.0460. The molecular formula is C21H23F3N6O. The first kappa shape index (κ1) is 21.0. The molecule has 0 atom stereocenters. The smallest absolute Gasteiger partial charge is 0.387 e. The van der Waals surface area contributed by atoms with Crippen molar-refractivity contribution < 1.29 is 18.0 Å². The standard InChI is InChI=1S/C21H23F3N6O/c1-25-16-9-13(10-26-11-16)20(31)28-15-7-5-14(6-8-15)27-18-3-2-4-19-29-17(12-30(18)19)21(22,23)24/h2-4,9-12,14-15,25,27H,5-8H2,1H3,(H,28,31). The Kier molecular flexibility index (Phi) is 5.71. The van der Waals surface area contributed by atoms with Crippen molar-refractivity contribution in [3.05, 3.63) is 54.1 Å². The maximum absolute atomic E-state index is 13.0. The molecule has 0 bridgehead atoms. The van der Waals surface area contributed by atoms with Crippen LogP contribution in [0.4, 0.5) is 24.7 Å². The number of nitrogens with one attached hydrogen (secondary N) is 3. The van der Waals surface area contributed by atoms with Crippen molar-refractivity contribution in [3.8, 4) is 0 Å². The fourth-order valence-corrected chi connectivity index (χ4v) is 3.83. The molecule has 7 nitrogen and oxygen atoms in total. The lowest BCUT2D eigenvalue weighted by molar-refractivity contribution is -0.140. The molecule has 164 valence electrons. The van der Waals surface area contributed by atoms with Crippen molar-refractivity contribution >= 4 is 23.1 Å². The van der Waals surface area contributed by atoms with Gasteiger partial charge in [0.05, 0.1) is 11.3 Å². The summed E-state index contributed by atoms with van der Waals surface area (Å²) in [6.45, 7) is 0. The Morgan fingerprint density at radius 1 is 1.13 bits per heavy atom. The quantitative estimate of drug-likeness (QED) is 0.569. The average Bonchev–Trinajstić information content (AvgIpc) is 3.21. The molecule has 4 rings (SSSR count). The third kappa shape index (κ3) is 4.73. The van der Waals surface area contributed by atoms with E-state index in [1.807, 2.05) is 0 Å². The Balaban J connectivity index is 1.36. The zero-order valence-electron chi connectivity index (χ0n) is 16.9. The summed E-state index contributed by atoms with van der Waals surface area (Å²) in [6.07, 6.45) is 2.83. The molecule has 1 amide bonds. The van der Waals surface area contributed by atoms with E-state index in [1.165, 1.54) is 10.6 Å². The molecule has 3 N–H and O–H groups in total. The van der Waals surface area contributed by atoms with E-state index in [1.54, 1.807) is 37.5 Å². The van der Waals surface area contributed by atoms with Gasteiger partial charge >= 0.3 is 6.18 Å². The summed E-state index contributed by atoms with van der Waals surface area (Å²) in [7, 11) is 1.77. The monoisotopic (exact) mass is 432 g/mol. The number of amides is 1. The maximum Gasteiger partial charge on any atom is 0.434 e. The van der Waals surface area contributed by atoms with E-state index in [9.17, 15) is 18.0 Å². The number of nitrogens with zero attached hydrogens (tertiary/aromatic N) is 3.